The van der Waals surface area contributed by atoms with Gasteiger partial charge in [0.15, 0.2) is 0 Å². The highest BCUT2D eigenvalue weighted by Gasteiger charge is 2.14. The van der Waals surface area contributed by atoms with Crippen molar-refractivity contribution < 1.29 is 4.79 Å². The number of aryl methyl sites for hydroxylation is 1. The van der Waals surface area contributed by atoms with Gasteiger partial charge in [0.05, 0.1) is 0 Å². The molecule has 0 fully saturated rings. The van der Waals surface area contributed by atoms with Crippen LogP contribution in [0, 0.1) is 0 Å². The molecule has 1 aromatic carbocycles. The van der Waals surface area contributed by atoms with Crippen molar-refractivity contribution in [3.05, 3.63) is 29.8 Å². The molecule has 1 amide bonds. The van der Waals surface area contributed by atoms with E-state index in [1.807, 2.05) is 26.0 Å². The van der Waals surface area contributed by atoms with Gasteiger partial charge in [-0.2, -0.15) is 0 Å². The number of anilines is 1. The summed E-state index contributed by atoms with van der Waals surface area (Å²) in [7, 11) is 0. The maximum Gasteiger partial charge on any atom is 0.242 e. The van der Waals surface area contributed by atoms with Crippen LogP contribution in [0.4, 0.5) is 5.69 Å². The molecule has 1 aromatic rings. The number of rotatable bonds is 7. The summed E-state index contributed by atoms with van der Waals surface area (Å²) in [5, 5.41) is 6.25. The summed E-state index contributed by atoms with van der Waals surface area (Å²) >= 11 is 0. The zero-order valence-corrected chi connectivity index (χ0v) is 12.5. The summed E-state index contributed by atoms with van der Waals surface area (Å²) in [4.78, 5) is 12.0. The highest BCUT2D eigenvalue weighted by Crippen LogP contribution is 2.11. The molecule has 0 aliphatic carbocycles. The van der Waals surface area contributed by atoms with E-state index in [0.717, 1.165) is 24.9 Å². The average Bonchev–Trinajstić information content (AvgIpc) is 2.39. The zero-order chi connectivity index (χ0) is 14.3. The van der Waals surface area contributed by atoms with Gasteiger partial charge in [-0.25, -0.2) is 0 Å². The van der Waals surface area contributed by atoms with Crippen molar-refractivity contribution in [3.8, 4) is 0 Å². The van der Waals surface area contributed by atoms with E-state index in [-0.39, 0.29) is 18.0 Å². The Hall–Kier alpha value is -1.51. The minimum absolute atomic E-state index is 0.0560. The summed E-state index contributed by atoms with van der Waals surface area (Å²) in [5.74, 6) is 0.0560. The van der Waals surface area contributed by atoms with Crippen LogP contribution in [0.15, 0.2) is 24.3 Å². The minimum Gasteiger partial charge on any atom is -0.374 e. The molecule has 1 rings (SSSR count). The Balaban J connectivity index is 2.48. The molecule has 19 heavy (non-hydrogen) atoms. The topological polar surface area (TPSA) is 41.1 Å². The quantitative estimate of drug-likeness (QED) is 0.791. The van der Waals surface area contributed by atoms with Crippen LogP contribution in [-0.4, -0.2) is 18.0 Å². The first-order valence-corrected chi connectivity index (χ1v) is 7.22. The van der Waals surface area contributed by atoms with Crippen LogP contribution in [0.25, 0.3) is 0 Å². The largest absolute Gasteiger partial charge is 0.374 e. The summed E-state index contributed by atoms with van der Waals surface area (Å²) < 4.78 is 0. The lowest BCUT2D eigenvalue weighted by Crippen LogP contribution is -2.42. The Kier molecular flexibility index (Phi) is 6.40. The smallest absolute Gasteiger partial charge is 0.242 e. The molecular weight excluding hydrogens is 236 g/mol. The van der Waals surface area contributed by atoms with Gasteiger partial charge < -0.3 is 10.6 Å². The molecule has 0 aliphatic rings. The van der Waals surface area contributed by atoms with Crippen LogP contribution in [0.5, 0.6) is 0 Å². The van der Waals surface area contributed by atoms with E-state index < -0.39 is 0 Å². The van der Waals surface area contributed by atoms with Gasteiger partial charge in [0.1, 0.15) is 6.04 Å². The van der Waals surface area contributed by atoms with E-state index in [2.05, 4.69) is 36.6 Å². The van der Waals surface area contributed by atoms with Crippen LogP contribution in [-0.2, 0) is 11.2 Å². The van der Waals surface area contributed by atoms with Crippen molar-refractivity contribution in [2.24, 2.45) is 0 Å². The number of benzene rings is 1. The van der Waals surface area contributed by atoms with Gasteiger partial charge in [-0.15, -0.1) is 0 Å². The van der Waals surface area contributed by atoms with Gasteiger partial charge in [-0.3, -0.25) is 4.79 Å². The number of nitrogens with one attached hydrogen (secondary N) is 2. The molecular formula is C16H26N2O. The van der Waals surface area contributed by atoms with E-state index in [9.17, 15) is 4.79 Å². The second-order valence-electron chi connectivity index (χ2n) is 5.11. The minimum atomic E-state index is -0.216. The van der Waals surface area contributed by atoms with Gasteiger partial charge >= 0.3 is 0 Å². The molecule has 3 heteroatoms. The SMILES string of the molecule is CCCC(C)NC(=O)C(C)Nc1ccc(CC)cc1. The molecule has 0 saturated carbocycles. The van der Waals surface area contributed by atoms with E-state index in [1.54, 1.807) is 0 Å². The predicted octanol–water partition coefficient (Wildman–Crippen LogP) is 3.35. The molecule has 106 valence electrons. The Bertz CT molecular complexity index is 386. The summed E-state index contributed by atoms with van der Waals surface area (Å²) in [5.41, 5.74) is 2.29. The van der Waals surface area contributed by atoms with Crippen molar-refractivity contribution >= 4 is 11.6 Å². The van der Waals surface area contributed by atoms with Gasteiger partial charge in [0.25, 0.3) is 0 Å². The molecule has 0 aromatic heterocycles. The third kappa shape index (κ3) is 5.33. The van der Waals surface area contributed by atoms with Crippen LogP contribution >= 0.6 is 0 Å². The molecule has 0 bridgehead atoms. The summed E-state index contributed by atoms with van der Waals surface area (Å²) in [6.07, 6.45) is 3.14. The van der Waals surface area contributed by atoms with E-state index in [4.69, 9.17) is 0 Å². The number of hydrogen-bond donors (Lipinski definition) is 2. The van der Waals surface area contributed by atoms with Crippen LogP contribution in [0.3, 0.4) is 0 Å². The fourth-order valence-corrected chi connectivity index (χ4v) is 2.03. The number of carbonyl (C=O) groups is 1. The first kappa shape index (κ1) is 15.5. The molecule has 0 spiro atoms. The number of amides is 1. The molecule has 0 saturated heterocycles. The maximum atomic E-state index is 12.0. The molecule has 0 aliphatic heterocycles. The Labute approximate surface area is 116 Å². The third-order valence-corrected chi connectivity index (χ3v) is 3.25. The van der Waals surface area contributed by atoms with Crippen molar-refractivity contribution in [1.82, 2.24) is 5.32 Å². The second kappa shape index (κ2) is 7.82. The first-order valence-electron chi connectivity index (χ1n) is 7.22. The zero-order valence-electron chi connectivity index (χ0n) is 12.5. The van der Waals surface area contributed by atoms with Gasteiger partial charge in [0.2, 0.25) is 5.91 Å². The monoisotopic (exact) mass is 262 g/mol. The fourth-order valence-electron chi connectivity index (χ4n) is 2.03. The molecule has 2 unspecified atom stereocenters. The van der Waals surface area contributed by atoms with Crippen LogP contribution in [0.1, 0.15) is 46.1 Å². The van der Waals surface area contributed by atoms with E-state index in [1.165, 1.54) is 5.56 Å². The Morgan fingerprint density at radius 1 is 1.16 bits per heavy atom. The molecule has 2 atom stereocenters. The van der Waals surface area contributed by atoms with Gasteiger partial charge in [-0.05, 0) is 44.4 Å². The van der Waals surface area contributed by atoms with Crippen molar-refractivity contribution in [2.75, 3.05) is 5.32 Å². The van der Waals surface area contributed by atoms with Crippen molar-refractivity contribution in [2.45, 2.75) is 59.0 Å². The van der Waals surface area contributed by atoms with E-state index >= 15 is 0 Å². The molecule has 0 heterocycles. The van der Waals surface area contributed by atoms with Gasteiger partial charge in [-0.1, -0.05) is 32.4 Å². The summed E-state index contributed by atoms with van der Waals surface area (Å²) in [6, 6.07) is 8.26. The molecule has 3 nitrogen and oxygen atoms in total. The Morgan fingerprint density at radius 2 is 1.79 bits per heavy atom. The predicted molar refractivity (Wildman–Crippen MR) is 81.4 cm³/mol. The van der Waals surface area contributed by atoms with Gasteiger partial charge in [0, 0.05) is 11.7 Å². The Morgan fingerprint density at radius 3 is 2.32 bits per heavy atom. The second-order valence-corrected chi connectivity index (χ2v) is 5.11. The average molecular weight is 262 g/mol. The molecule has 0 radical (unpaired) electrons. The first-order chi connectivity index (χ1) is 9.06. The van der Waals surface area contributed by atoms with Crippen molar-refractivity contribution in [1.29, 1.82) is 0 Å². The fraction of sp³-hybridized carbons (Fsp3) is 0.562. The van der Waals surface area contributed by atoms with Crippen LogP contribution < -0.4 is 10.6 Å². The third-order valence-electron chi connectivity index (χ3n) is 3.25. The lowest BCUT2D eigenvalue weighted by atomic mass is 10.1. The van der Waals surface area contributed by atoms with E-state index in [0.29, 0.717) is 0 Å². The summed E-state index contributed by atoms with van der Waals surface area (Å²) in [6.45, 7) is 8.19. The van der Waals surface area contributed by atoms with Crippen LogP contribution in [0.2, 0.25) is 0 Å². The standard InChI is InChI=1S/C16H26N2O/c1-5-7-12(3)17-16(19)13(4)18-15-10-8-14(6-2)9-11-15/h8-13,18H,5-7H2,1-4H3,(H,17,19). The molecule has 2 N–H and O–H groups in total. The highest BCUT2D eigenvalue weighted by molar-refractivity contribution is 5.84. The van der Waals surface area contributed by atoms with Crippen molar-refractivity contribution in [3.63, 3.8) is 0 Å². The lowest BCUT2D eigenvalue weighted by molar-refractivity contribution is -0.122. The number of carbonyl (C=O) groups excluding carboxylic acids is 1. The lowest BCUT2D eigenvalue weighted by Gasteiger charge is -2.19. The number of hydrogen-bond acceptors (Lipinski definition) is 2. The maximum absolute atomic E-state index is 12.0. The normalized spacial score (nSPS) is 13.7. The highest BCUT2D eigenvalue weighted by atomic mass is 16.2.